The first kappa shape index (κ1) is 18.3. The van der Waals surface area contributed by atoms with Crippen LogP contribution in [0, 0.1) is 5.82 Å². The van der Waals surface area contributed by atoms with Gasteiger partial charge in [-0.15, -0.1) is 0 Å². The van der Waals surface area contributed by atoms with Crippen molar-refractivity contribution in [3.63, 3.8) is 0 Å². The van der Waals surface area contributed by atoms with Crippen LogP contribution >= 0.6 is 0 Å². The summed E-state index contributed by atoms with van der Waals surface area (Å²) in [6.07, 6.45) is 1.82. The minimum absolute atomic E-state index is 0.184. The van der Waals surface area contributed by atoms with Gasteiger partial charge in [-0.3, -0.25) is 9.59 Å². The Morgan fingerprint density at radius 3 is 2.67 bits per heavy atom. The molecule has 2 aromatic carbocycles. The molecule has 6 nitrogen and oxygen atoms in total. The van der Waals surface area contributed by atoms with Crippen LogP contribution in [0.25, 0.3) is 10.9 Å². The van der Waals surface area contributed by atoms with E-state index in [2.05, 4.69) is 10.5 Å². The molecule has 0 saturated carbocycles. The second-order valence-corrected chi connectivity index (χ2v) is 5.92. The van der Waals surface area contributed by atoms with Crippen molar-refractivity contribution in [1.29, 1.82) is 0 Å². The molecule has 3 aromatic rings. The lowest BCUT2D eigenvalue weighted by molar-refractivity contribution is 0.0950. The first-order valence-corrected chi connectivity index (χ1v) is 8.47. The SMILES string of the molecule is CCCn1c(=O)c(C(=O)N/N=C/c2ccccc2F)c(O)c2ccccc21. The highest BCUT2D eigenvalue weighted by Gasteiger charge is 2.21. The Morgan fingerprint density at radius 2 is 1.93 bits per heavy atom. The van der Waals surface area contributed by atoms with Crippen LogP contribution in [0.15, 0.2) is 58.4 Å². The van der Waals surface area contributed by atoms with Crippen molar-refractivity contribution < 1.29 is 14.3 Å². The van der Waals surface area contributed by atoms with Crippen molar-refractivity contribution in [2.24, 2.45) is 5.10 Å². The van der Waals surface area contributed by atoms with Gasteiger partial charge < -0.3 is 9.67 Å². The molecule has 2 N–H and O–H groups in total. The number of aromatic hydroxyl groups is 1. The van der Waals surface area contributed by atoms with Gasteiger partial charge in [0, 0.05) is 17.5 Å². The molecule has 0 aliphatic heterocycles. The van der Waals surface area contributed by atoms with Crippen LogP contribution in [0.5, 0.6) is 5.75 Å². The summed E-state index contributed by atoms with van der Waals surface area (Å²) in [5.41, 5.74) is 1.91. The summed E-state index contributed by atoms with van der Waals surface area (Å²) >= 11 is 0. The topological polar surface area (TPSA) is 83.7 Å². The zero-order chi connectivity index (χ0) is 19.4. The predicted molar refractivity (Wildman–Crippen MR) is 102 cm³/mol. The molecule has 7 heteroatoms. The Morgan fingerprint density at radius 1 is 1.22 bits per heavy atom. The van der Waals surface area contributed by atoms with Gasteiger partial charge >= 0.3 is 0 Å². The zero-order valence-corrected chi connectivity index (χ0v) is 14.6. The molecule has 0 radical (unpaired) electrons. The molecule has 0 unspecified atom stereocenters. The van der Waals surface area contributed by atoms with Crippen LogP contribution in [-0.2, 0) is 6.54 Å². The van der Waals surface area contributed by atoms with E-state index >= 15 is 0 Å². The number of nitrogens with one attached hydrogen (secondary N) is 1. The number of hydrogen-bond acceptors (Lipinski definition) is 4. The van der Waals surface area contributed by atoms with Gasteiger partial charge in [-0.1, -0.05) is 37.3 Å². The Bertz CT molecular complexity index is 1090. The van der Waals surface area contributed by atoms with Crippen molar-refractivity contribution >= 4 is 23.0 Å². The van der Waals surface area contributed by atoms with E-state index in [0.29, 0.717) is 23.9 Å². The average molecular weight is 367 g/mol. The highest BCUT2D eigenvalue weighted by Crippen LogP contribution is 2.26. The van der Waals surface area contributed by atoms with Crippen LogP contribution in [0.1, 0.15) is 29.3 Å². The lowest BCUT2D eigenvalue weighted by Crippen LogP contribution is -2.31. The highest BCUT2D eigenvalue weighted by molar-refractivity contribution is 6.02. The van der Waals surface area contributed by atoms with E-state index in [0.717, 1.165) is 6.21 Å². The van der Waals surface area contributed by atoms with Gasteiger partial charge in [0.2, 0.25) is 0 Å². The molecule has 1 heterocycles. The molecule has 0 saturated heterocycles. The second-order valence-electron chi connectivity index (χ2n) is 5.92. The second kappa shape index (κ2) is 7.82. The van der Waals surface area contributed by atoms with Gasteiger partial charge in [-0.05, 0) is 24.6 Å². The molecule has 1 aromatic heterocycles. The van der Waals surface area contributed by atoms with E-state index < -0.39 is 28.6 Å². The van der Waals surface area contributed by atoms with E-state index in [1.807, 2.05) is 6.92 Å². The summed E-state index contributed by atoms with van der Waals surface area (Å²) in [4.78, 5) is 25.2. The number of halogens is 1. The Labute approximate surface area is 154 Å². The molecule has 0 bridgehead atoms. The maximum atomic E-state index is 13.6. The Balaban J connectivity index is 1.99. The smallest absolute Gasteiger partial charge is 0.280 e. The van der Waals surface area contributed by atoms with E-state index in [4.69, 9.17) is 0 Å². The lowest BCUT2D eigenvalue weighted by atomic mass is 10.1. The van der Waals surface area contributed by atoms with Gasteiger partial charge in [0.1, 0.15) is 17.1 Å². The molecule has 1 amide bonds. The molecule has 0 fully saturated rings. The number of fused-ring (bicyclic) bond motifs is 1. The molecule has 0 spiro atoms. The molecule has 0 atom stereocenters. The number of pyridine rings is 1. The van der Waals surface area contributed by atoms with Crippen LogP contribution in [0.2, 0.25) is 0 Å². The number of aromatic nitrogens is 1. The molecule has 27 heavy (non-hydrogen) atoms. The van der Waals surface area contributed by atoms with Gasteiger partial charge in [-0.2, -0.15) is 5.10 Å². The fraction of sp³-hybridized carbons (Fsp3) is 0.150. The summed E-state index contributed by atoms with van der Waals surface area (Å²) < 4.78 is 15.0. The highest BCUT2D eigenvalue weighted by atomic mass is 19.1. The summed E-state index contributed by atoms with van der Waals surface area (Å²) in [5, 5.41) is 14.6. The van der Waals surface area contributed by atoms with Crippen molar-refractivity contribution in [1.82, 2.24) is 9.99 Å². The molecule has 0 aliphatic rings. The lowest BCUT2D eigenvalue weighted by Gasteiger charge is -2.13. The Kier molecular flexibility index (Phi) is 5.30. The maximum Gasteiger partial charge on any atom is 0.280 e. The molecule has 138 valence electrons. The molecular weight excluding hydrogens is 349 g/mol. The minimum atomic E-state index is -0.860. The quantitative estimate of drug-likeness (QED) is 0.537. The third-order valence-electron chi connectivity index (χ3n) is 4.10. The predicted octanol–water partition coefficient (Wildman–Crippen LogP) is 3.02. The number of aryl methyl sites for hydroxylation is 1. The van der Waals surface area contributed by atoms with Crippen LogP contribution < -0.4 is 11.0 Å². The summed E-state index contributed by atoms with van der Waals surface area (Å²) in [6, 6.07) is 12.7. The normalized spacial score (nSPS) is 11.2. The van der Waals surface area contributed by atoms with Crippen LogP contribution in [0.3, 0.4) is 0 Å². The Hall–Kier alpha value is -3.48. The number of rotatable bonds is 5. The van der Waals surface area contributed by atoms with Crippen LogP contribution in [0.4, 0.5) is 4.39 Å². The summed E-state index contributed by atoms with van der Waals surface area (Å²) in [7, 11) is 0. The molecular formula is C20H18FN3O3. The average Bonchev–Trinajstić information content (AvgIpc) is 2.67. The first-order valence-electron chi connectivity index (χ1n) is 8.47. The largest absolute Gasteiger partial charge is 0.506 e. The monoisotopic (exact) mass is 367 g/mol. The minimum Gasteiger partial charge on any atom is -0.506 e. The van der Waals surface area contributed by atoms with Gasteiger partial charge in [-0.25, -0.2) is 9.82 Å². The van der Waals surface area contributed by atoms with Gasteiger partial charge in [0.05, 0.1) is 11.7 Å². The van der Waals surface area contributed by atoms with Crippen molar-refractivity contribution in [2.45, 2.75) is 19.9 Å². The van der Waals surface area contributed by atoms with Gasteiger partial charge in [0.25, 0.3) is 11.5 Å². The standard InChI is InChI=1S/C20H18FN3O3/c1-2-11-24-16-10-6-4-8-14(16)18(25)17(20(24)27)19(26)23-22-12-13-7-3-5-9-15(13)21/h3-10,12,25H,2,11H2,1H3,(H,23,26)/b22-12+. The number of hydrogen-bond donors (Lipinski definition) is 2. The number of benzene rings is 2. The first-order chi connectivity index (χ1) is 13.0. The molecule has 0 aliphatic carbocycles. The number of amides is 1. The maximum absolute atomic E-state index is 13.6. The zero-order valence-electron chi connectivity index (χ0n) is 14.6. The number of carbonyl (C=O) groups excluding carboxylic acids is 1. The number of carbonyl (C=O) groups is 1. The van der Waals surface area contributed by atoms with E-state index in [1.54, 1.807) is 30.3 Å². The third-order valence-corrected chi connectivity index (χ3v) is 4.10. The van der Waals surface area contributed by atoms with Crippen molar-refractivity contribution in [3.8, 4) is 5.75 Å². The van der Waals surface area contributed by atoms with E-state index in [1.165, 1.54) is 22.8 Å². The summed E-state index contributed by atoms with van der Waals surface area (Å²) in [6.45, 7) is 2.31. The van der Waals surface area contributed by atoms with Crippen LogP contribution in [-0.4, -0.2) is 21.8 Å². The molecule has 3 rings (SSSR count). The van der Waals surface area contributed by atoms with E-state index in [9.17, 15) is 19.1 Å². The number of para-hydroxylation sites is 1. The third kappa shape index (κ3) is 3.57. The van der Waals surface area contributed by atoms with Crippen molar-refractivity contribution in [2.75, 3.05) is 0 Å². The summed E-state index contributed by atoms with van der Waals surface area (Å²) in [5.74, 6) is -1.75. The van der Waals surface area contributed by atoms with Gasteiger partial charge in [0.15, 0.2) is 0 Å². The number of nitrogens with zero attached hydrogens (tertiary/aromatic N) is 2. The number of hydrazone groups is 1. The fourth-order valence-corrected chi connectivity index (χ4v) is 2.84. The fourth-order valence-electron chi connectivity index (χ4n) is 2.84. The van der Waals surface area contributed by atoms with E-state index in [-0.39, 0.29) is 5.56 Å². The van der Waals surface area contributed by atoms with Crippen molar-refractivity contribution in [3.05, 3.63) is 75.8 Å².